The van der Waals surface area contributed by atoms with E-state index in [0.717, 1.165) is 31.1 Å². The Morgan fingerprint density at radius 3 is 2.75 bits per heavy atom. The maximum Gasteiger partial charge on any atom is 0.0469 e. The Bertz CT molecular complexity index is 170. The van der Waals surface area contributed by atoms with Crippen LogP contribution in [0.5, 0.6) is 0 Å². The van der Waals surface area contributed by atoms with E-state index in [9.17, 15) is 0 Å². The van der Waals surface area contributed by atoms with Crippen LogP contribution in [0.2, 0.25) is 0 Å². The lowest BCUT2D eigenvalue weighted by Crippen LogP contribution is -2.29. The molecule has 0 aromatic rings. The molecule has 16 heavy (non-hydrogen) atoms. The molecule has 1 fully saturated rings. The number of hydrogen-bond acceptors (Lipinski definition) is 2. The first-order chi connectivity index (χ1) is 7.74. The first-order valence-corrected chi connectivity index (χ1v) is 6.99. The van der Waals surface area contributed by atoms with Crippen molar-refractivity contribution in [2.45, 2.75) is 58.4 Å². The SMILES string of the molecule is CNC1CCCC1CCOCCCC(C)C. The van der Waals surface area contributed by atoms with Crippen molar-refractivity contribution in [2.75, 3.05) is 20.3 Å². The Morgan fingerprint density at radius 1 is 1.25 bits per heavy atom. The average molecular weight is 227 g/mol. The summed E-state index contributed by atoms with van der Waals surface area (Å²) in [5, 5.41) is 3.43. The third-order valence-corrected chi connectivity index (χ3v) is 3.73. The number of ether oxygens (including phenoxy) is 1. The van der Waals surface area contributed by atoms with Gasteiger partial charge >= 0.3 is 0 Å². The molecule has 2 unspecified atom stereocenters. The molecule has 0 radical (unpaired) electrons. The highest BCUT2D eigenvalue weighted by Gasteiger charge is 2.24. The summed E-state index contributed by atoms with van der Waals surface area (Å²) in [5.74, 6) is 1.67. The standard InChI is InChI=1S/C14H29NO/c1-12(2)6-5-10-16-11-9-13-7-4-8-14(13)15-3/h12-15H,4-11H2,1-3H3. The average Bonchev–Trinajstić information content (AvgIpc) is 2.70. The molecule has 0 aliphatic heterocycles. The van der Waals surface area contributed by atoms with Gasteiger partial charge in [-0.3, -0.25) is 0 Å². The van der Waals surface area contributed by atoms with Crippen molar-refractivity contribution in [1.82, 2.24) is 5.32 Å². The molecule has 0 aromatic carbocycles. The summed E-state index contributed by atoms with van der Waals surface area (Å²) in [6.45, 7) is 6.46. The van der Waals surface area contributed by atoms with Crippen LogP contribution in [0.4, 0.5) is 0 Å². The summed E-state index contributed by atoms with van der Waals surface area (Å²) in [7, 11) is 2.09. The van der Waals surface area contributed by atoms with Crippen LogP contribution < -0.4 is 5.32 Å². The summed E-state index contributed by atoms with van der Waals surface area (Å²) in [6.07, 6.45) is 7.90. The zero-order valence-electron chi connectivity index (χ0n) is 11.3. The van der Waals surface area contributed by atoms with Crippen LogP contribution in [-0.4, -0.2) is 26.3 Å². The van der Waals surface area contributed by atoms with Gasteiger partial charge < -0.3 is 10.1 Å². The Balaban J connectivity index is 1.94. The molecule has 1 saturated carbocycles. The Labute approximate surface area is 101 Å². The van der Waals surface area contributed by atoms with Gasteiger partial charge in [-0.15, -0.1) is 0 Å². The van der Waals surface area contributed by atoms with Crippen molar-refractivity contribution in [3.8, 4) is 0 Å². The van der Waals surface area contributed by atoms with E-state index < -0.39 is 0 Å². The maximum absolute atomic E-state index is 5.71. The normalized spacial score (nSPS) is 25.5. The zero-order valence-corrected chi connectivity index (χ0v) is 11.3. The summed E-state index contributed by atoms with van der Waals surface area (Å²) in [5.41, 5.74) is 0. The molecule has 1 rings (SSSR count). The number of hydrogen-bond donors (Lipinski definition) is 1. The molecule has 1 aliphatic carbocycles. The van der Waals surface area contributed by atoms with Crippen molar-refractivity contribution in [2.24, 2.45) is 11.8 Å². The first kappa shape index (κ1) is 14.0. The molecule has 0 heterocycles. The van der Waals surface area contributed by atoms with Gasteiger partial charge in [-0.05, 0) is 51.0 Å². The molecule has 1 aliphatic rings. The zero-order chi connectivity index (χ0) is 11.8. The second-order valence-corrected chi connectivity index (χ2v) is 5.52. The van der Waals surface area contributed by atoms with E-state index in [-0.39, 0.29) is 0 Å². The van der Waals surface area contributed by atoms with Crippen molar-refractivity contribution in [1.29, 1.82) is 0 Å². The van der Waals surface area contributed by atoms with Crippen molar-refractivity contribution >= 4 is 0 Å². The van der Waals surface area contributed by atoms with E-state index in [4.69, 9.17) is 4.74 Å². The van der Waals surface area contributed by atoms with Gasteiger partial charge in [0.2, 0.25) is 0 Å². The summed E-state index contributed by atoms with van der Waals surface area (Å²) in [4.78, 5) is 0. The molecule has 96 valence electrons. The topological polar surface area (TPSA) is 21.3 Å². The summed E-state index contributed by atoms with van der Waals surface area (Å²) < 4.78 is 5.71. The van der Waals surface area contributed by atoms with Crippen LogP contribution in [0.25, 0.3) is 0 Å². The summed E-state index contributed by atoms with van der Waals surface area (Å²) in [6, 6.07) is 0.749. The molecular weight excluding hydrogens is 198 g/mol. The third kappa shape index (κ3) is 5.31. The van der Waals surface area contributed by atoms with Crippen LogP contribution in [0.3, 0.4) is 0 Å². The van der Waals surface area contributed by atoms with Gasteiger partial charge in [0.1, 0.15) is 0 Å². The van der Waals surface area contributed by atoms with Crippen molar-refractivity contribution in [3.05, 3.63) is 0 Å². The second kappa shape index (κ2) is 8.08. The quantitative estimate of drug-likeness (QED) is 0.643. The molecule has 1 N–H and O–H groups in total. The van der Waals surface area contributed by atoms with Crippen LogP contribution in [0.15, 0.2) is 0 Å². The number of nitrogens with one attached hydrogen (secondary N) is 1. The highest BCUT2D eigenvalue weighted by atomic mass is 16.5. The van der Waals surface area contributed by atoms with Gasteiger partial charge in [0.25, 0.3) is 0 Å². The molecule has 2 heteroatoms. The van der Waals surface area contributed by atoms with E-state index in [2.05, 4.69) is 26.2 Å². The lowest BCUT2D eigenvalue weighted by molar-refractivity contribution is 0.112. The van der Waals surface area contributed by atoms with Gasteiger partial charge in [-0.25, -0.2) is 0 Å². The number of rotatable bonds is 8. The molecule has 0 bridgehead atoms. The minimum atomic E-state index is 0.749. The molecule has 0 saturated heterocycles. The Morgan fingerprint density at radius 2 is 2.06 bits per heavy atom. The summed E-state index contributed by atoms with van der Waals surface area (Å²) >= 11 is 0. The first-order valence-electron chi connectivity index (χ1n) is 6.99. The highest BCUT2D eigenvalue weighted by Crippen LogP contribution is 2.27. The molecule has 2 nitrogen and oxygen atoms in total. The molecule has 0 spiro atoms. The largest absolute Gasteiger partial charge is 0.381 e. The van der Waals surface area contributed by atoms with Crippen molar-refractivity contribution < 1.29 is 4.74 Å². The smallest absolute Gasteiger partial charge is 0.0469 e. The maximum atomic E-state index is 5.71. The Hall–Kier alpha value is -0.0800. The lowest BCUT2D eigenvalue weighted by Gasteiger charge is -2.18. The van der Waals surface area contributed by atoms with Crippen molar-refractivity contribution in [3.63, 3.8) is 0 Å². The van der Waals surface area contributed by atoms with Crippen LogP contribution in [0, 0.1) is 11.8 Å². The fourth-order valence-corrected chi connectivity index (χ4v) is 2.69. The van der Waals surface area contributed by atoms with Gasteiger partial charge in [-0.2, -0.15) is 0 Å². The van der Waals surface area contributed by atoms with Gasteiger partial charge in [-0.1, -0.05) is 20.3 Å². The van der Waals surface area contributed by atoms with Crippen LogP contribution in [-0.2, 0) is 4.74 Å². The molecule has 2 atom stereocenters. The van der Waals surface area contributed by atoms with Crippen LogP contribution in [0.1, 0.15) is 52.4 Å². The Kier molecular flexibility index (Phi) is 7.06. The van der Waals surface area contributed by atoms with Gasteiger partial charge in [0.05, 0.1) is 0 Å². The minimum absolute atomic E-state index is 0.749. The molecular formula is C14H29NO. The fourth-order valence-electron chi connectivity index (χ4n) is 2.69. The predicted octanol–water partition coefficient (Wildman–Crippen LogP) is 3.22. The third-order valence-electron chi connectivity index (χ3n) is 3.73. The van der Waals surface area contributed by atoms with Gasteiger partial charge in [0, 0.05) is 19.3 Å². The molecule has 0 amide bonds. The minimum Gasteiger partial charge on any atom is -0.381 e. The van der Waals surface area contributed by atoms with E-state index >= 15 is 0 Å². The van der Waals surface area contributed by atoms with Gasteiger partial charge in [0.15, 0.2) is 0 Å². The highest BCUT2D eigenvalue weighted by molar-refractivity contribution is 4.81. The lowest BCUT2D eigenvalue weighted by atomic mass is 10.0. The van der Waals surface area contributed by atoms with Crippen LogP contribution >= 0.6 is 0 Å². The monoisotopic (exact) mass is 227 g/mol. The second-order valence-electron chi connectivity index (χ2n) is 5.52. The van der Waals surface area contributed by atoms with E-state index in [1.807, 2.05) is 0 Å². The van der Waals surface area contributed by atoms with E-state index in [1.54, 1.807) is 0 Å². The van der Waals surface area contributed by atoms with E-state index in [0.29, 0.717) is 0 Å². The predicted molar refractivity (Wildman–Crippen MR) is 69.7 cm³/mol. The fraction of sp³-hybridized carbons (Fsp3) is 1.00. The van der Waals surface area contributed by atoms with E-state index in [1.165, 1.54) is 38.5 Å². The molecule has 0 aromatic heterocycles.